The summed E-state index contributed by atoms with van der Waals surface area (Å²) in [7, 11) is 1.50. The lowest BCUT2D eigenvalue weighted by molar-refractivity contribution is 0.379. The van der Waals surface area contributed by atoms with Crippen LogP contribution in [0.25, 0.3) is 11.4 Å². The second kappa shape index (κ2) is 5.78. The molecule has 0 saturated carbocycles. The van der Waals surface area contributed by atoms with Gasteiger partial charge in [0.05, 0.1) is 7.11 Å². The van der Waals surface area contributed by atoms with Crippen molar-refractivity contribution in [2.24, 2.45) is 0 Å². The average molecular weight is 264 g/mol. The summed E-state index contributed by atoms with van der Waals surface area (Å²) in [5.41, 5.74) is 2.18. The topological polar surface area (TPSA) is 47.9 Å². The summed E-state index contributed by atoms with van der Waals surface area (Å²) in [6, 6.07) is 8.32. The molecule has 0 aliphatic heterocycles. The van der Waals surface area contributed by atoms with Crippen molar-refractivity contribution < 1.29 is 4.74 Å². The third-order valence-corrected chi connectivity index (χ3v) is 2.66. The Kier molecular flexibility index (Phi) is 4.10. The molecule has 0 atom stereocenters. The second-order valence-corrected chi connectivity index (χ2v) is 4.20. The molecule has 1 aromatic carbocycles. The Bertz CT molecular complexity index is 546. The maximum Gasteiger partial charge on any atom is 0.321 e. The summed E-state index contributed by atoms with van der Waals surface area (Å²) >= 11 is 5.84. The van der Waals surface area contributed by atoms with E-state index in [2.05, 4.69) is 34.0 Å². The van der Waals surface area contributed by atoms with Crippen molar-refractivity contribution in [1.82, 2.24) is 15.0 Å². The van der Waals surface area contributed by atoms with Gasteiger partial charge < -0.3 is 4.74 Å². The molecule has 18 heavy (non-hydrogen) atoms. The molecule has 0 spiro atoms. The Morgan fingerprint density at radius 1 is 1.22 bits per heavy atom. The van der Waals surface area contributed by atoms with E-state index in [9.17, 15) is 0 Å². The number of aryl methyl sites for hydroxylation is 1. The number of hydrogen-bond acceptors (Lipinski definition) is 4. The van der Waals surface area contributed by atoms with Crippen molar-refractivity contribution in [3.05, 3.63) is 35.1 Å². The van der Waals surface area contributed by atoms with Crippen LogP contribution in [-0.4, -0.2) is 22.1 Å². The van der Waals surface area contributed by atoms with Crippen LogP contribution in [0, 0.1) is 0 Å². The van der Waals surface area contributed by atoms with Crippen LogP contribution < -0.4 is 4.74 Å². The Morgan fingerprint density at radius 2 is 2.06 bits per heavy atom. The molecule has 5 heteroatoms. The van der Waals surface area contributed by atoms with Crippen LogP contribution in [0.15, 0.2) is 24.3 Å². The van der Waals surface area contributed by atoms with E-state index >= 15 is 0 Å². The minimum Gasteiger partial charge on any atom is -0.467 e. The van der Waals surface area contributed by atoms with E-state index in [-0.39, 0.29) is 11.3 Å². The van der Waals surface area contributed by atoms with Gasteiger partial charge in [-0.15, -0.1) is 0 Å². The SMILES string of the molecule is CCCc1cccc(-c2nc(Cl)nc(OC)n2)c1. The third-order valence-electron chi connectivity index (χ3n) is 2.49. The first kappa shape index (κ1) is 12.8. The van der Waals surface area contributed by atoms with Crippen LogP contribution in [0.5, 0.6) is 6.01 Å². The fourth-order valence-corrected chi connectivity index (χ4v) is 1.86. The number of nitrogens with zero attached hydrogens (tertiary/aromatic N) is 3. The van der Waals surface area contributed by atoms with Gasteiger partial charge in [0, 0.05) is 5.56 Å². The third kappa shape index (κ3) is 2.96. The second-order valence-electron chi connectivity index (χ2n) is 3.87. The Morgan fingerprint density at radius 3 is 2.78 bits per heavy atom. The number of ether oxygens (including phenoxy) is 1. The number of halogens is 1. The molecule has 0 amide bonds. The van der Waals surface area contributed by atoms with Gasteiger partial charge in [-0.2, -0.15) is 15.0 Å². The van der Waals surface area contributed by atoms with E-state index in [1.165, 1.54) is 12.7 Å². The molecule has 0 aliphatic carbocycles. The first-order valence-corrected chi connectivity index (χ1v) is 6.15. The van der Waals surface area contributed by atoms with E-state index in [4.69, 9.17) is 16.3 Å². The van der Waals surface area contributed by atoms with E-state index in [1.807, 2.05) is 12.1 Å². The molecule has 1 heterocycles. The van der Waals surface area contributed by atoms with Gasteiger partial charge in [-0.05, 0) is 29.7 Å². The Balaban J connectivity index is 2.41. The van der Waals surface area contributed by atoms with Crippen molar-refractivity contribution >= 4 is 11.6 Å². The zero-order valence-corrected chi connectivity index (χ0v) is 11.1. The molecule has 0 radical (unpaired) electrons. The quantitative estimate of drug-likeness (QED) is 0.850. The van der Waals surface area contributed by atoms with Crippen LogP contribution in [0.2, 0.25) is 5.28 Å². The molecule has 1 aromatic heterocycles. The van der Waals surface area contributed by atoms with E-state index in [0.717, 1.165) is 18.4 Å². The number of rotatable bonds is 4. The first-order valence-electron chi connectivity index (χ1n) is 5.78. The lowest BCUT2D eigenvalue weighted by atomic mass is 10.1. The van der Waals surface area contributed by atoms with Crippen molar-refractivity contribution in [1.29, 1.82) is 0 Å². The minimum absolute atomic E-state index is 0.137. The summed E-state index contributed by atoms with van der Waals surface area (Å²) in [5.74, 6) is 0.532. The molecule has 2 rings (SSSR count). The average Bonchev–Trinajstić information content (AvgIpc) is 2.39. The molecule has 0 bridgehead atoms. The molecule has 94 valence electrons. The van der Waals surface area contributed by atoms with Crippen molar-refractivity contribution in [3.63, 3.8) is 0 Å². The van der Waals surface area contributed by atoms with Gasteiger partial charge in [-0.3, -0.25) is 0 Å². The van der Waals surface area contributed by atoms with E-state index in [0.29, 0.717) is 5.82 Å². The molecular formula is C13H14ClN3O. The lowest BCUT2D eigenvalue weighted by Crippen LogP contribution is -1.98. The predicted molar refractivity (Wildman–Crippen MR) is 70.8 cm³/mol. The summed E-state index contributed by atoms with van der Waals surface area (Å²) < 4.78 is 4.99. The number of methoxy groups -OCH3 is 1. The number of hydrogen-bond donors (Lipinski definition) is 0. The Hall–Kier alpha value is -1.68. The van der Waals surface area contributed by atoms with Gasteiger partial charge in [-0.1, -0.05) is 31.5 Å². The molecule has 0 unspecified atom stereocenters. The maximum atomic E-state index is 5.84. The van der Waals surface area contributed by atoms with Crippen molar-refractivity contribution in [2.75, 3.05) is 7.11 Å². The molecular weight excluding hydrogens is 250 g/mol. The largest absolute Gasteiger partial charge is 0.467 e. The Labute approximate surface area is 111 Å². The highest BCUT2D eigenvalue weighted by molar-refractivity contribution is 6.28. The highest BCUT2D eigenvalue weighted by Crippen LogP contribution is 2.20. The number of aromatic nitrogens is 3. The molecule has 0 fully saturated rings. The lowest BCUT2D eigenvalue weighted by Gasteiger charge is -2.05. The van der Waals surface area contributed by atoms with Crippen molar-refractivity contribution in [2.45, 2.75) is 19.8 Å². The van der Waals surface area contributed by atoms with Crippen LogP contribution >= 0.6 is 11.6 Å². The monoisotopic (exact) mass is 263 g/mol. The van der Waals surface area contributed by atoms with Crippen LogP contribution in [-0.2, 0) is 6.42 Å². The fraction of sp³-hybridized carbons (Fsp3) is 0.308. The molecule has 2 aromatic rings. The van der Waals surface area contributed by atoms with Gasteiger partial charge in [0.1, 0.15) is 0 Å². The van der Waals surface area contributed by atoms with Gasteiger partial charge in [0.15, 0.2) is 5.82 Å². The standard InChI is InChI=1S/C13H14ClN3O/c1-3-5-9-6-4-7-10(8-9)11-15-12(14)17-13(16-11)18-2/h4,6-8H,3,5H2,1-2H3. The zero-order chi connectivity index (χ0) is 13.0. The van der Waals surface area contributed by atoms with E-state index in [1.54, 1.807) is 0 Å². The molecule has 4 nitrogen and oxygen atoms in total. The summed E-state index contributed by atoms with van der Waals surface area (Å²) in [6.45, 7) is 2.15. The van der Waals surface area contributed by atoms with Crippen LogP contribution in [0.3, 0.4) is 0 Å². The smallest absolute Gasteiger partial charge is 0.321 e. The molecule has 0 aliphatic rings. The van der Waals surface area contributed by atoms with Crippen molar-refractivity contribution in [3.8, 4) is 17.4 Å². The summed E-state index contributed by atoms with van der Waals surface area (Å²) in [4.78, 5) is 12.2. The summed E-state index contributed by atoms with van der Waals surface area (Å²) in [6.07, 6.45) is 2.13. The molecule has 0 N–H and O–H groups in total. The number of benzene rings is 1. The predicted octanol–water partition coefficient (Wildman–Crippen LogP) is 3.15. The van der Waals surface area contributed by atoms with Gasteiger partial charge >= 0.3 is 6.01 Å². The maximum absolute atomic E-state index is 5.84. The molecule has 0 saturated heterocycles. The van der Waals surface area contributed by atoms with Gasteiger partial charge in [0.2, 0.25) is 5.28 Å². The fourth-order valence-electron chi connectivity index (χ4n) is 1.71. The highest BCUT2D eigenvalue weighted by atomic mass is 35.5. The van der Waals surface area contributed by atoms with E-state index < -0.39 is 0 Å². The first-order chi connectivity index (χ1) is 8.72. The highest BCUT2D eigenvalue weighted by Gasteiger charge is 2.07. The summed E-state index contributed by atoms with van der Waals surface area (Å²) in [5, 5.41) is 0.137. The van der Waals surface area contributed by atoms with Crippen LogP contribution in [0.1, 0.15) is 18.9 Å². The normalized spacial score (nSPS) is 10.4. The van der Waals surface area contributed by atoms with Gasteiger partial charge in [-0.25, -0.2) is 0 Å². The zero-order valence-electron chi connectivity index (χ0n) is 10.4. The van der Waals surface area contributed by atoms with Gasteiger partial charge in [0.25, 0.3) is 0 Å². The minimum atomic E-state index is 0.137. The van der Waals surface area contributed by atoms with Crippen LogP contribution in [0.4, 0.5) is 0 Å².